The van der Waals surface area contributed by atoms with Crippen molar-refractivity contribution in [1.82, 2.24) is 14.9 Å². The second kappa shape index (κ2) is 9.21. The molecule has 156 valence electrons. The summed E-state index contributed by atoms with van der Waals surface area (Å²) in [4.78, 5) is 39.9. The highest BCUT2D eigenvalue weighted by Crippen LogP contribution is 2.22. The molecule has 0 bridgehead atoms. The summed E-state index contributed by atoms with van der Waals surface area (Å²) >= 11 is 11.3. The number of nitrogens with zero attached hydrogens (tertiary/aromatic N) is 1. The van der Waals surface area contributed by atoms with Crippen molar-refractivity contribution in [2.24, 2.45) is 7.05 Å². The molecule has 8 nitrogen and oxygen atoms in total. The molecular formula is C20H19ClN4O4S. The van der Waals surface area contributed by atoms with Gasteiger partial charge in [0, 0.05) is 32.0 Å². The molecule has 0 radical (unpaired) electrons. The highest BCUT2D eigenvalue weighted by molar-refractivity contribution is 7.71. The molecule has 0 spiro atoms. The molecule has 10 heteroatoms. The van der Waals surface area contributed by atoms with E-state index in [0.717, 1.165) is 0 Å². The zero-order valence-electron chi connectivity index (χ0n) is 16.2. The molecule has 0 unspecified atom stereocenters. The van der Waals surface area contributed by atoms with Gasteiger partial charge in [0.15, 0.2) is 4.77 Å². The molecule has 0 aliphatic rings. The van der Waals surface area contributed by atoms with Crippen LogP contribution in [0, 0.1) is 4.77 Å². The van der Waals surface area contributed by atoms with E-state index in [1.54, 1.807) is 38.4 Å². The summed E-state index contributed by atoms with van der Waals surface area (Å²) in [7, 11) is 3.12. The van der Waals surface area contributed by atoms with Crippen molar-refractivity contribution in [2.75, 3.05) is 25.6 Å². The van der Waals surface area contributed by atoms with Gasteiger partial charge in [0.1, 0.15) is 0 Å². The molecular weight excluding hydrogens is 428 g/mol. The van der Waals surface area contributed by atoms with Gasteiger partial charge in [-0.2, -0.15) is 0 Å². The van der Waals surface area contributed by atoms with Crippen LogP contribution in [0.1, 0.15) is 20.7 Å². The Morgan fingerprint density at radius 2 is 1.97 bits per heavy atom. The molecule has 2 amide bonds. The van der Waals surface area contributed by atoms with Crippen LogP contribution >= 0.6 is 23.8 Å². The fraction of sp³-hybridized carbons (Fsp3) is 0.200. The number of H-pyrrole nitrogens is 1. The summed E-state index contributed by atoms with van der Waals surface area (Å²) in [5, 5.41) is 6.03. The van der Waals surface area contributed by atoms with Gasteiger partial charge in [-0.25, -0.2) is 0 Å². The summed E-state index contributed by atoms with van der Waals surface area (Å²) in [5.41, 5.74) is 1.28. The van der Waals surface area contributed by atoms with Crippen molar-refractivity contribution in [3.63, 3.8) is 0 Å². The van der Waals surface area contributed by atoms with Gasteiger partial charge in [-0.3, -0.25) is 19.0 Å². The molecule has 1 heterocycles. The third-order valence-corrected chi connectivity index (χ3v) is 5.11. The number of amides is 2. The molecule has 0 aliphatic carbocycles. The molecule has 0 saturated heterocycles. The normalized spacial score (nSPS) is 10.8. The lowest BCUT2D eigenvalue weighted by molar-refractivity contribution is 0.0937. The standard InChI is InChI=1S/C20H19ClN4O4S/c1-25-19(28)14-5-3-11(9-16(14)24-20(25)30)17(26)23-12-4-6-13(15(21)10-12)18(27)22-7-8-29-2/h3-6,9-10H,7-8H2,1-2H3,(H,22,27)(H,23,26)(H,24,30). The summed E-state index contributed by atoms with van der Waals surface area (Å²) in [5.74, 6) is -0.730. The predicted octanol–water partition coefficient (Wildman–Crippen LogP) is 2.88. The molecule has 0 aliphatic heterocycles. The Morgan fingerprint density at radius 3 is 2.67 bits per heavy atom. The van der Waals surface area contributed by atoms with Crippen molar-refractivity contribution < 1.29 is 14.3 Å². The molecule has 30 heavy (non-hydrogen) atoms. The van der Waals surface area contributed by atoms with Crippen LogP contribution in [-0.4, -0.2) is 41.6 Å². The topological polar surface area (TPSA) is 105 Å². The lowest BCUT2D eigenvalue weighted by atomic mass is 10.1. The average molecular weight is 447 g/mol. The van der Waals surface area contributed by atoms with Crippen LogP contribution in [0.2, 0.25) is 5.02 Å². The number of carbonyl (C=O) groups excluding carboxylic acids is 2. The Hall–Kier alpha value is -3.01. The zero-order chi connectivity index (χ0) is 21.8. The van der Waals surface area contributed by atoms with E-state index < -0.39 is 5.91 Å². The third kappa shape index (κ3) is 4.59. The van der Waals surface area contributed by atoms with Gasteiger partial charge < -0.3 is 20.4 Å². The number of aromatic amines is 1. The Balaban J connectivity index is 1.80. The van der Waals surface area contributed by atoms with E-state index >= 15 is 0 Å². The van der Waals surface area contributed by atoms with Gasteiger partial charge >= 0.3 is 0 Å². The van der Waals surface area contributed by atoms with Crippen molar-refractivity contribution in [3.8, 4) is 0 Å². The van der Waals surface area contributed by atoms with Crippen LogP contribution in [0.15, 0.2) is 41.2 Å². The number of halogens is 1. The van der Waals surface area contributed by atoms with Gasteiger partial charge in [-0.05, 0) is 48.6 Å². The minimum atomic E-state index is -0.398. The van der Waals surface area contributed by atoms with Crippen molar-refractivity contribution >= 4 is 52.2 Å². The number of fused-ring (bicyclic) bond motifs is 1. The molecule has 0 saturated carbocycles. The van der Waals surface area contributed by atoms with Crippen LogP contribution in [0.5, 0.6) is 0 Å². The molecule has 3 aromatic rings. The zero-order valence-corrected chi connectivity index (χ0v) is 17.8. The number of rotatable bonds is 6. The summed E-state index contributed by atoms with van der Waals surface area (Å²) in [6.45, 7) is 0.748. The van der Waals surface area contributed by atoms with Crippen LogP contribution in [0.4, 0.5) is 5.69 Å². The SMILES string of the molecule is COCCNC(=O)c1ccc(NC(=O)c2ccc3c(=O)n(C)c(=S)[nH]c3c2)cc1Cl. The molecule has 0 atom stereocenters. The van der Waals surface area contributed by atoms with Crippen LogP contribution < -0.4 is 16.2 Å². The molecule has 2 aromatic carbocycles. The highest BCUT2D eigenvalue weighted by atomic mass is 35.5. The van der Waals surface area contributed by atoms with Gasteiger partial charge in [-0.1, -0.05) is 11.6 Å². The van der Waals surface area contributed by atoms with E-state index in [4.69, 9.17) is 28.6 Å². The maximum atomic E-state index is 12.6. The van der Waals surface area contributed by atoms with E-state index in [9.17, 15) is 14.4 Å². The van der Waals surface area contributed by atoms with E-state index in [-0.39, 0.29) is 21.3 Å². The third-order valence-electron chi connectivity index (χ3n) is 4.43. The van der Waals surface area contributed by atoms with Crippen LogP contribution in [-0.2, 0) is 11.8 Å². The van der Waals surface area contributed by atoms with E-state index in [1.807, 2.05) is 0 Å². The number of hydrogen-bond donors (Lipinski definition) is 3. The van der Waals surface area contributed by atoms with Gasteiger partial charge in [0.05, 0.1) is 28.1 Å². The number of benzene rings is 2. The second-order valence-corrected chi connectivity index (χ2v) is 7.25. The molecule has 3 N–H and O–H groups in total. The second-order valence-electron chi connectivity index (χ2n) is 6.45. The Kier molecular flexibility index (Phi) is 6.66. The number of carbonyl (C=O) groups is 2. The molecule has 0 fully saturated rings. The van der Waals surface area contributed by atoms with Gasteiger partial charge in [0.25, 0.3) is 17.4 Å². The van der Waals surface area contributed by atoms with Crippen LogP contribution in [0.3, 0.4) is 0 Å². The maximum absolute atomic E-state index is 12.6. The van der Waals surface area contributed by atoms with Gasteiger partial charge in [-0.15, -0.1) is 0 Å². The lowest BCUT2D eigenvalue weighted by Gasteiger charge is -2.10. The average Bonchev–Trinajstić information content (AvgIpc) is 2.72. The van der Waals surface area contributed by atoms with Crippen LogP contribution in [0.25, 0.3) is 10.9 Å². The molecule has 3 rings (SSSR count). The molecule has 1 aromatic heterocycles. The largest absolute Gasteiger partial charge is 0.383 e. The Morgan fingerprint density at radius 1 is 1.20 bits per heavy atom. The number of anilines is 1. The number of aromatic nitrogens is 2. The Bertz CT molecular complexity index is 1250. The summed E-state index contributed by atoms with van der Waals surface area (Å²) < 4.78 is 6.47. The quantitative estimate of drug-likeness (QED) is 0.399. The Labute approximate surface area is 181 Å². The first-order valence-corrected chi connectivity index (χ1v) is 9.71. The maximum Gasteiger partial charge on any atom is 0.261 e. The minimum Gasteiger partial charge on any atom is -0.383 e. The van der Waals surface area contributed by atoms with Crippen molar-refractivity contribution in [3.05, 3.63) is 67.7 Å². The first-order valence-electron chi connectivity index (χ1n) is 8.93. The fourth-order valence-electron chi connectivity index (χ4n) is 2.79. The minimum absolute atomic E-state index is 0.203. The fourth-order valence-corrected chi connectivity index (χ4v) is 3.25. The van der Waals surface area contributed by atoms with Gasteiger partial charge in [0.2, 0.25) is 0 Å². The number of hydrogen-bond acceptors (Lipinski definition) is 5. The van der Waals surface area contributed by atoms with E-state index in [2.05, 4.69) is 15.6 Å². The van der Waals surface area contributed by atoms with E-state index in [0.29, 0.717) is 40.9 Å². The highest BCUT2D eigenvalue weighted by Gasteiger charge is 2.13. The lowest BCUT2D eigenvalue weighted by Crippen LogP contribution is -2.27. The van der Waals surface area contributed by atoms with E-state index in [1.165, 1.54) is 16.7 Å². The monoisotopic (exact) mass is 446 g/mol. The first-order chi connectivity index (χ1) is 14.3. The summed E-state index contributed by atoms with van der Waals surface area (Å²) in [6.07, 6.45) is 0. The van der Waals surface area contributed by atoms with Crippen molar-refractivity contribution in [2.45, 2.75) is 0 Å². The first kappa shape index (κ1) is 21.7. The summed E-state index contributed by atoms with van der Waals surface area (Å²) in [6, 6.07) is 9.28. The predicted molar refractivity (Wildman–Crippen MR) is 118 cm³/mol. The van der Waals surface area contributed by atoms with Crippen molar-refractivity contribution in [1.29, 1.82) is 0 Å². The number of nitrogens with one attached hydrogen (secondary N) is 3. The number of methoxy groups -OCH3 is 1. The number of ether oxygens (including phenoxy) is 1. The smallest absolute Gasteiger partial charge is 0.261 e.